The highest BCUT2D eigenvalue weighted by atomic mass is 19.1. The monoisotopic (exact) mass is 495 g/mol. The molecule has 1 fully saturated rings. The fourth-order valence-corrected chi connectivity index (χ4v) is 4.34. The molecular formula is C25H27F2N7O2. The molecule has 36 heavy (non-hydrogen) atoms. The second-order valence-corrected chi connectivity index (χ2v) is 9.10. The van der Waals surface area contributed by atoms with Gasteiger partial charge in [-0.3, -0.25) is 4.79 Å². The number of nitrogens with zero attached hydrogens (tertiary/aromatic N) is 6. The van der Waals surface area contributed by atoms with Crippen LogP contribution in [0.15, 0.2) is 36.7 Å². The topological polar surface area (TPSA) is 86.7 Å². The van der Waals surface area contributed by atoms with Gasteiger partial charge in [0.2, 0.25) is 11.9 Å². The van der Waals surface area contributed by atoms with Crippen molar-refractivity contribution in [3.05, 3.63) is 48.3 Å². The van der Waals surface area contributed by atoms with Crippen LogP contribution in [0.2, 0.25) is 0 Å². The fourth-order valence-electron chi connectivity index (χ4n) is 4.34. The summed E-state index contributed by atoms with van der Waals surface area (Å²) >= 11 is 0. The smallest absolute Gasteiger partial charge is 0.241 e. The normalized spacial score (nSPS) is 15.7. The number of benzene rings is 1. The van der Waals surface area contributed by atoms with Crippen LogP contribution >= 0.6 is 0 Å². The number of carbonyl (C=O) groups is 1. The van der Waals surface area contributed by atoms with Gasteiger partial charge in [0.15, 0.2) is 17.4 Å². The Kier molecular flexibility index (Phi) is 6.29. The Morgan fingerprint density at radius 2 is 1.89 bits per heavy atom. The number of fused-ring (bicyclic) bond motifs is 1. The third kappa shape index (κ3) is 4.60. The van der Waals surface area contributed by atoms with Gasteiger partial charge in [0.05, 0.1) is 36.9 Å². The summed E-state index contributed by atoms with van der Waals surface area (Å²) < 4.78 is 35.2. The number of halogens is 2. The number of piperazine rings is 1. The average molecular weight is 496 g/mol. The van der Waals surface area contributed by atoms with Crippen molar-refractivity contribution in [2.45, 2.75) is 19.9 Å². The van der Waals surface area contributed by atoms with Gasteiger partial charge in [0.25, 0.3) is 0 Å². The molecule has 1 saturated heterocycles. The number of hydrogen-bond acceptors (Lipinski definition) is 8. The molecule has 0 radical (unpaired) electrons. The third-order valence-electron chi connectivity index (χ3n) is 6.36. The summed E-state index contributed by atoms with van der Waals surface area (Å²) in [4.78, 5) is 30.4. The highest BCUT2D eigenvalue weighted by molar-refractivity contribution is 5.82. The third-order valence-corrected chi connectivity index (χ3v) is 6.36. The standard InChI is InChI=1S/C25H27F2N7O2/c1-15(2)34-8-9-36-24-18(26)10-16(11-20(24)34)23-19(27)13-29-25(31-23)30-21-5-4-17(12-28-21)33-7-6-32(3)22(35)14-33/h4-5,10-13,15H,6-9,14H2,1-3H3,(H,28,29,30,31). The van der Waals surface area contributed by atoms with E-state index in [2.05, 4.69) is 20.3 Å². The molecule has 11 heteroatoms. The zero-order chi connectivity index (χ0) is 25.4. The van der Waals surface area contributed by atoms with Crippen molar-refractivity contribution in [2.24, 2.45) is 0 Å². The van der Waals surface area contributed by atoms with E-state index in [-0.39, 0.29) is 34.9 Å². The van der Waals surface area contributed by atoms with Crippen molar-refractivity contribution in [3.8, 4) is 17.0 Å². The Labute approximate surface area is 207 Å². The van der Waals surface area contributed by atoms with E-state index in [1.807, 2.05) is 29.7 Å². The first-order valence-corrected chi connectivity index (χ1v) is 11.8. The average Bonchev–Trinajstić information content (AvgIpc) is 2.87. The second-order valence-electron chi connectivity index (χ2n) is 9.10. The number of ether oxygens (including phenoxy) is 1. The van der Waals surface area contributed by atoms with Crippen LogP contribution in [-0.4, -0.2) is 71.6 Å². The van der Waals surface area contributed by atoms with Crippen molar-refractivity contribution in [1.29, 1.82) is 0 Å². The molecule has 2 aromatic heterocycles. The fraction of sp³-hybridized carbons (Fsp3) is 0.360. The Balaban J connectivity index is 1.39. The van der Waals surface area contributed by atoms with Crippen LogP contribution in [-0.2, 0) is 4.79 Å². The highest BCUT2D eigenvalue weighted by Gasteiger charge is 2.26. The van der Waals surface area contributed by atoms with Gasteiger partial charge >= 0.3 is 0 Å². The van der Waals surface area contributed by atoms with Crippen LogP contribution in [0.1, 0.15) is 13.8 Å². The van der Waals surface area contributed by atoms with Crippen LogP contribution in [0.3, 0.4) is 0 Å². The number of rotatable bonds is 5. The lowest BCUT2D eigenvalue weighted by Gasteiger charge is -2.34. The number of hydrogen-bond donors (Lipinski definition) is 1. The van der Waals surface area contributed by atoms with Crippen molar-refractivity contribution in [1.82, 2.24) is 19.9 Å². The van der Waals surface area contributed by atoms with Gasteiger partial charge in [-0.1, -0.05) is 0 Å². The highest BCUT2D eigenvalue weighted by Crippen LogP contribution is 2.39. The minimum Gasteiger partial charge on any atom is -0.486 e. The molecule has 0 bridgehead atoms. The Bertz CT molecular complexity index is 1290. The number of carbonyl (C=O) groups excluding carboxylic acids is 1. The number of amides is 1. The van der Waals surface area contributed by atoms with Crippen molar-refractivity contribution < 1.29 is 18.3 Å². The Morgan fingerprint density at radius 1 is 1.06 bits per heavy atom. The SMILES string of the molecule is CC(C)N1CCOc2c(F)cc(-c3nc(Nc4ccc(N5CCN(C)C(=O)C5)cn4)ncc3F)cc21. The van der Waals surface area contributed by atoms with Crippen LogP contribution < -0.4 is 19.9 Å². The number of anilines is 4. The number of pyridine rings is 1. The first kappa shape index (κ1) is 23.7. The maximum atomic E-state index is 14.9. The molecule has 4 heterocycles. The molecule has 0 spiro atoms. The summed E-state index contributed by atoms with van der Waals surface area (Å²) in [7, 11) is 1.79. The molecule has 2 aliphatic heterocycles. The summed E-state index contributed by atoms with van der Waals surface area (Å²) in [6.45, 7) is 6.67. The molecule has 0 saturated carbocycles. The van der Waals surface area contributed by atoms with E-state index in [1.54, 1.807) is 30.3 Å². The summed E-state index contributed by atoms with van der Waals surface area (Å²) in [5.74, 6) is -0.449. The van der Waals surface area contributed by atoms with Gasteiger partial charge in [0.1, 0.15) is 18.1 Å². The van der Waals surface area contributed by atoms with Crippen molar-refractivity contribution in [3.63, 3.8) is 0 Å². The van der Waals surface area contributed by atoms with E-state index < -0.39 is 11.6 Å². The Morgan fingerprint density at radius 3 is 2.61 bits per heavy atom. The molecule has 0 atom stereocenters. The van der Waals surface area contributed by atoms with Gasteiger partial charge in [-0.25, -0.2) is 23.7 Å². The molecule has 1 amide bonds. The minimum absolute atomic E-state index is 0.0314. The first-order valence-electron chi connectivity index (χ1n) is 11.8. The maximum Gasteiger partial charge on any atom is 0.241 e. The molecule has 188 valence electrons. The van der Waals surface area contributed by atoms with Gasteiger partial charge in [-0.15, -0.1) is 0 Å². The molecular weight excluding hydrogens is 468 g/mol. The molecule has 1 aromatic carbocycles. The van der Waals surface area contributed by atoms with Gasteiger partial charge < -0.3 is 24.8 Å². The minimum atomic E-state index is -0.671. The van der Waals surface area contributed by atoms with E-state index in [9.17, 15) is 13.6 Å². The number of nitrogens with one attached hydrogen (secondary N) is 1. The predicted molar refractivity (Wildman–Crippen MR) is 133 cm³/mol. The molecule has 2 aliphatic rings. The van der Waals surface area contributed by atoms with E-state index in [4.69, 9.17) is 4.74 Å². The van der Waals surface area contributed by atoms with E-state index in [1.165, 1.54) is 6.07 Å². The van der Waals surface area contributed by atoms with E-state index in [0.29, 0.717) is 37.7 Å². The molecule has 3 aromatic rings. The predicted octanol–water partition coefficient (Wildman–Crippen LogP) is 3.45. The molecule has 9 nitrogen and oxygen atoms in total. The lowest BCUT2D eigenvalue weighted by atomic mass is 10.1. The Hall–Kier alpha value is -4.02. The van der Waals surface area contributed by atoms with Gasteiger partial charge in [0, 0.05) is 31.7 Å². The largest absolute Gasteiger partial charge is 0.486 e. The van der Waals surface area contributed by atoms with Crippen LogP contribution in [0.5, 0.6) is 5.75 Å². The zero-order valence-electron chi connectivity index (χ0n) is 20.3. The van der Waals surface area contributed by atoms with Gasteiger partial charge in [-0.2, -0.15) is 0 Å². The van der Waals surface area contributed by atoms with Crippen molar-refractivity contribution in [2.75, 3.05) is 55.0 Å². The molecule has 0 unspecified atom stereocenters. The van der Waals surface area contributed by atoms with E-state index in [0.717, 1.165) is 18.4 Å². The molecule has 1 N–H and O–H groups in total. The summed E-state index contributed by atoms with van der Waals surface area (Å²) in [6.07, 6.45) is 2.70. The lowest BCUT2D eigenvalue weighted by molar-refractivity contribution is -0.129. The summed E-state index contributed by atoms with van der Waals surface area (Å²) in [5, 5.41) is 2.97. The van der Waals surface area contributed by atoms with Crippen LogP contribution in [0.25, 0.3) is 11.3 Å². The van der Waals surface area contributed by atoms with E-state index >= 15 is 0 Å². The summed E-state index contributed by atoms with van der Waals surface area (Å²) in [5.41, 5.74) is 1.65. The van der Waals surface area contributed by atoms with Gasteiger partial charge in [-0.05, 0) is 38.1 Å². The molecule has 0 aliphatic carbocycles. The van der Waals surface area contributed by atoms with Crippen molar-refractivity contribution >= 4 is 29.0 Å². The molecule has 5 rings (SSSR count). The number of aromatic nitrogens is 3. The number of likely N-dealkylation sites (N-methyl/N-ethyl adjacent to an activating group) is 1. The quantitative estimate of drug-likeness (QED) is 0.576. The first-order chi connectivity index (χ1) is 17.3. The lowest BCUT2D eigenvalue weighted by Crippen LogP contribution is -2.48. The zero-order valence-corrected chi connectivity index (χ0v) is 20.3. The van der Waals surface area contributed by atoms with Crippen LogP contribution in [0.4, 0.5) is 31.9 Å². The van der Waals surface area contributed by atoms with Crippen LogP contribution in [0, 0.1) is 11.6 Å². The summed E-state index contributed by atoms with van der Waals surface area (Å²) in [6, 6.07) is 6.62. The second kappa shape index (κ2) is 9.56. The maximum absolute atomic E-state index is 14.9.